The van der Waals surface area contributed by atoms with Gasteiger partial charge in [-0.05, 0) is 87.9 Å². The van der Waals surface area contributed by atoms with Crippen molar-refractivity contribution in [3.05, 3.63) is 80.7 Å². The molecule has 2 aromatic heterocycles. The second-order valence-electron chi connectivity index (χ2n) is 11.3. The predicted molar refractivity (Wildman–Crippen MR) is 146 cm³/mol. The second-order valence-corrected chi connectivity index (χ2v) is 12.8. The Hall–Kier alpha value is -1.95. The van der Waals surface area contributed by atoms with Gasteiger partial charge in [0.05, 0.1) is 0 Å². The number of thiophene rings is 2. The molecule has 0 spiro atoms. The number of rotatable bonds is 7. The smallest absolute Gasteiger partial charge is 0.259 e. The summed E-state index contributed by atoms with van der Waals surface area (Å²) in [5.74, 6) is -0.0925. The monoisotopic (exact) mass is 507 g/mol. The van der Waals surface area contributed by atoms with E-state index >= 15 is 0 Å². The van der Waals surface area contributed by atoms with Gasteiger partial charge in [0.2, 0.25) is 0 Å². The van der Waals surface area contributed by atoms with Crippen LogP contribution in [0.25, 0.3) is 0 Å². The molecule has 1 saturated heterocycles. The minimum atomic E-state index is -1.42. The molecule has 35 heavy (non-hydrogen) atoms. The first-order valence-corrected chi connectivity index (χ1v) is 14.9. The van der Waals surface area contributed by atoms with Gasteiger partial charge in [0.25, 0.3) is 5.91 Å². The minimum absolute atomic E-state index is 0.00141. The fraction of sp³-hybridized carbons (Fsp3) is 0.500. The lowest BCUT2D eigenvalue weighted by atomic mass is 9.63. The lowest BCUT2D eigenvalue weighted by molar-refractivity contribution is -0.161. The van der Waals surface area contributed by atoms with Crippen LogP contribution in [-0.4, -0.2) is 29.0 Å². The molecule has 1 atom stereocenters. The predicted octanol–water partition coefficient (Wildman–Crippen LogP) is 7.12. The summed E-state index contributed by atoms with van der Waals surface area (Å²) in [6, 6.07) is 14.2. The van der Waals surface area contributed by atoms with E-state index in [2.05, 4.69) is 47.5 Å². The Labute approximate surface area is 217 Å². The summed E-state index contributed by atoms with van der Waals surface area (Å²) >= 11 is 3.53. The molecule has 1 aliphatic carbocycles. The van der Waals surface area contributed by atoms with E-state index < -0.39 is 5.60 Å². The lowest BCUT2D eigenvalue weighted by Gasteiger charge is -2.47. The average Bonchev–Trinajstić information content (AvgIpc) is 3.67. The van der Waals surface area contributed by atoms with Crippen LogP contribution in [-0.2, 0) is 21.2 Å². The van der Waals surface area contributed by atoms with Crippen molar-refractivity contribution >= 4 is 28.6 Å². The van der Waals surface area contributed by atoms with Gasteiger partial charge in [-0.2, -0.15) is 22.7 Å². The van der Waals surface area contributed by atoms with E-state index in [1.165, 1.54) is 11.1 Å². The lowest BCUT2D eigenvalue weighted by Crippen LogP contribution is -2.55. The van der Waals surface area contributed by atoms with E-state index in [0.29, 0.717) is 13.1 Å². The van der Waals surface area contributed by atoms with E-state index in [1.54, 1.807) is 22.7 Å². The van der Waals surface area contributed by atoms with Crippen LogP contribution in [0.15, 0.2) is 64.0 Å². The van der Waals surface area contributed by atoms with Crippen LogP contribution in [0, 0.1) is 5.92 Å². The summed E-state index contributed by atoms with van der Waals surface area (Å²) in [6.45, 7) is 6.09. The molecule has 5 heteroatoms. The maximum absolute atomic E-state index is 14.1. The number of benzene rings is 1. The van der Waals surface area contributed by atoms with Crippen molar-refractivity contribution < 1.29 is 9.90 Å². The Kier molecular flexibility index (Phi) is 6.95. The van der Waals surface area contributed by atoms with E-state index in [4.69, 9.17) is 0 Å². The van der Waals surface area contributed by atoms with Crippen LogP contribution in [0.5, 0.6) is 0 Å². The SMILES string of the molecule is CC(C)(CC1(c2ccsc2)CCN(C(=O)[C@](O)(c2ccccc2)C2CCCC2)CC1)c1ccsc1. The van der Waals surface area contributed by atoms with Gasteiger partial charge >= 0.3 is 0 Å². The minimum Gasteiger partial charge on any atom is -0.375 e. The zero-order valence-corrected chi connectivity index (χ0v) is 22.5. The standard InChI is InChI=1S/C30H37NO2S2/c1-28(2,25-12-18-34-20-25)22-29(26-13-19-35-21-26)14-16-31(17-15-29)27(32)30(33,24-10-6-7-11-24)23-8-4-3-5-9-23/h3-5,8-9,12-13,18-21,24,33H,6-7,10-11,14-17,22H2,1-2H3/t30-/m0/s1. The molecule has 1 saturated carbocycles. The number of likely N-dealkylation sites (tertiary alicyclic amines) is 1. The number of carbonyl (C=O) groups is 1. The van der Waals surface area contributed by atoms with Crippen molar-refractivity contribution in [1.82, 2.24) is 4.90 Å². The maximum Gasteiger partial charge on any atom is 0.259 e. The molecule has 3 aromatic rings. The van der Waals surface area contributed by atoms with Gasteiger partial charge in [-0.15, -0.1) is 0 Å². The zero-order chi connectivity index (χ0) is 24.5. The van der Waals surface area contributed by atoms with Crippen LogP contribution in [0.1, 0.15) is 75.5 Å². The molecule has 1 N–H and O–H groups in total. The first-order valence-electron chi connectivity index (χ1n) is 13.0. The van der Waals surface area contributed by atoms with Gasteiger partial charge < -0.3 is 10.0 Å². The molecule has 2 fully saturated rings. The number of hydrogen-bond donors (Lipinski definition) is 1. The fourth-order valence-corrected chi connectivity index (χ4v) is 8.31. The van der Waals surface area contributed by atoms with E-state index in [1.807, 2.05) is 35.2 Å². The fourth-order valence-electron chi connectivity index (χ4n) is 6.68. The number of aliphatic hydroxyl groups is 1. The topological polar surface area (TPSA) is 40.5 Å². The Morgan fingerprint density at radius 2 is 1.63 bits per heavy atom. The Morgan fingerprint density at radius 1 is 0.971 bits per heavy atom. The normalized spacial score (nSPS) is 20.6. The molecule has 5 rings (SSSR count). The van der Waals surface area contributed by atoms with Crippen LogP contribution in [0.3, 0.4) is 0 Å². The molecule has 2 aliphatic rings. The van der Waals surface area contributed by atoms with Crippen LogP contribution in [0.2, 0.25) is 0 Å². The summed E-state index contributed by atoms with van der Waals surface area (Å²) in [5, 5.41) is 21.0. The molecule has 1 aromatic carbocycles. The van der Waals surface area contributed by atoms with Gasteiger partial charge in [0.1, 0.15) is 0 Å². The Morgan fingerprint density at radius 3 is 2.23 bits per heavy atom. The largest absolute Gasteiger partial charge is 0.375 e. The molecule has 186 valence electrons. The number of hydrogen-bond acceptors (Lipinski definition) is 4. The zero-order valence-electron chi connectivity index (χ0n) is 20.9. The summed E-state index contributed by atoms with van der Waals surface area (Å²) in [6.07, 6.45) is 6.92. The third kappa shape index (κ3) is 4.63. The Balaban J connectivity index is 1.40. The van der Waals surface area contributed by atoms with E-state index in [9.17, 15) is 9.90 Å². The van der Waals surface area contributed by atoms with Crippen LogP contribution >= 0.6 is 22.7 Å². The molecule has 0 radical (unpaired) electrons. The van der Waals surface area contributed by atoms with Crippen LogP contribution in [0.4, 0.5) is 0 Å². The third-order valence-corrected chi connectivity index (χ3v) is 10.1. The van der Waals surface area contributed by atoms with Crippen molar-refractivity contribution in [3.63, 3.8) is 0 Å². The van der Waals surface area contributed by atoms with E-state index in [0.717, 1.165) is 50.5 Å². The number of piperidine rings is 1. The molecule has 1 amide bonds. The summed E-state index contributed by atoms with van der Waals surface area (Å²) < 4.78 is 0. The van der Waals surface area contributed by atoms with Crippen molar-refractivity contribution in [2.75, 3.05) is 13.1 Å². The summed E-state index contributed by atoms with van der Waals surface area (Å²) in [7, 11) is 0. The summed E-state index contributed by atoms with van der Waals surface area (Å²) in [5.41, 5.74) is 2.24. The highest BCUT2D eigenvalue weighted by molar-refractivity contribution is 7.08. The highest BCUT2D eigenvalue weighted by Gasteiger charge is 2.50. The number of nitrogens with zero attached hydrogens (tertiary/aromatic N) is 1. The van der Waals surface area contributed by atoms with Gasteiger partial charge in [0, 0.05) is 24.4 Å². The first-order chi connectivity index (χ1) is 16.9. The number of amides is 1. The molecular weight excluding hydrogens is 470 g/mol. The maximum atomic E-state index is 14.1. The number of carbonyl (C=O) groups excluding carboxylic acids is 1. The molecule has 3 nitrogen and oxygen atoms in total. The highest BCUT2D eigenvalue weighted by Crippen LogP contribution is 2.48. The van der Waals surface area contributed by atoms with E-state index in [-0.39, 0.29) is 22.7 Å². The highest BCUT2D eigenvalue weighted by atomic mass is 32.1. The van der Waals surface area contributed by atoms with Crippen LogP contribution < -0.4 is 0 Å². The van der Waals surface area contributed by atoms with Gasteiger partial charge in [-0.1, -0.05) is 57.0 Å². The second kappa shape index (κ2) is 9.84. The molecular formula is C30H37NO2S2. The third-order valence-electron chi connectivity index (χ3n) is 8.71. The van der Waals surface area contributed by atoms with Gasteiger partial charge in [0.15, 0.2) is 5.60 Å². The average molecular weight is 508 g/mol. The van der Waals surface area contributed by atoms with Gasteiger partial charge in [-0.3, -0.25) is 4.79 Å². The molecule has 0 bridgehead atoms. The van der Waals surface area contributed by atoms with Crippen molar-refractivity contribution in [1.29, 1.82) is 0 Å². The van der Waals surface area contributed by atoms with Crippen molar-refractivity contribution in [2.45, 2.75) is 75.2 Å². The Bertz CT molecular complexity index is 1090. The first kappa shape index (κ1) is 24.7. The van der Waals surface area contributed by atoms with Crippen molar-refractivity contribution in [2.24, 2.45) is 5.92 Å². The molecule has 3 heterocycles. The van der Waals surface area contributed by atoms with Crippen molar-refractivity contribution in [3.8, 4) is 0 Å². The molecule has 0 unspecified atom stereocenters. The van der Waals surface area contributed by atoms with Gasteiger partial charge in [-0.25, -0.2) is 0 Å². The molecule has 1 aliphatic heterocycles. The quantitative estimate of drug-likeness (QED) is 0.370. The summed E-state index contributed by atoms with van der Waals surface area (Å²) in [4.78, 5) is 16.0.